The summed E-state index contributed by atoms with van der Waals surface area (Å²) in [5, 5.41) is 7.04. The van der Waals surface area contributed by atoms with Gasteiger partial charge < -0.3 is 15.0 Å². The van der Waals surface area contributed by atoms with Crippen LogP contribution in [-0.2, 0) is 11.8 Å². The van der Waals surface area contributed by atoms with E-state index in [1.807, 2.05) is 31.2 Å². The molecular formula is C19H24N4O3. The van der Waals surface area contributed by atoms with Gasteiger partial charge in [-0.15, -0.1) is 0 Å². The van der Waals surface area contributed by atoms with E-state index in [0.717, 1.165) is 36.5 Å². The van der Waals surface area contributed by atoms with Crippen LogP contribution in [0.1, 0.15) is 19.8 Å². The fraction of sp³-hybridized carbons (Fsp3) is 0.421. The van der Waals surface area contributed by atoms with Crippen LogP contribution in [0.5, 0.6) is 5.75 Å². The molecule has 1 aromatic carbocycles. The highest BCUT2D eigenvalue weighted by atomic mass is 16.5. The van der Waals surface area contributed by atoms with Crippen LogP contribution in [0, 0.1) is 5.92 Å². The summed E-state index contributed by atoms with van der Waals surface area (Å²) in [4.78, 5) is 26.5. The predicted octanol–water partition coefficient (Wildman–Crippen LogP) is 2.03. The van der Waals surface area contributed by atoms with E-state index in [-0.39, 0.29) is 17.4 Å². The van der Waals surface area contributed by atoms with Gasteiger partial charge in [0.05, 0.1) is 24.4 Å². The summed E-state index contributed by atoms with van der Waals surface area (Å²) < 4.78 is 6.71. The Morgan fingerprint density at radius 3 is 2.81 bits per heavy atom. The Morgan fingerprint density at radius 1 is 1.35 bits per heavy atom. The van der Waals surface area contributed by atoms with Crippen LogP contribution in [0.15, 0.2) is 41.3 Å². The molecule has 26 heavy (non-hydrogen) atoms. The minimum absolute atomic E-state index is 0.00403. The highest BCUT2D eigenvalue weighted by Crippen LogP contribution is 2.23. The number of aryl methyl sites for hydroxylation is 1. The number of rotatable bonds is 5. The summed E-state index contributed by atoms with van der Waals surface area (Å²) in [7, 11) is 1.62. The normalized spacial score (nSPS) is 17.0. The quantitative estimate of drug-likeness (QED) is 0.887. The van der Waals surface area contributed by atoms with Crippen LogP contribution in [0.3, 0.4) is 0 Å². The SMILES string of the molecule is CCOc1ccc(NC(=O)C2CCCN(c3cnn(C)c(=O)c3)C2)cc1. The van der Waals surface area contributed by atoms with E-state index in [1.54, 1.807) is 19.3 Å². The van der Waals surface area contributed by atoms with Gasteiger partial charge in [0.2, 0.25) is 5.91 Å². The van der Waals surface area contributed by atoms with E-state index in [1.165, 1.54) is 4.68 Å². The molecule has 1 unspecified atom stereocenters. The first kappa shape index (κ1) is 18.0. The number of benzene rings is 1. The summed E-state index contributed by atoms with van der Waals surface area (Å²) in [6.45, 7) is 3.95. The molecule has 7 nitrogen and oxygen atoms in total. The second kappa shape index (κ2) is 8.03. The Labute approximate surface area is 152 Å². The molecule has 138 valence electrons. The number of hydrogen-bond donors (Lipinski definition) is 1. The Bertz CT molecular complexity index is 816. The zero-order valence-corrected chi connectivity index (χ0v) is 15.1. The summed E-state index contributed by atoms with van der Waals surface area (Å²) >= 11 is 0. The molecule has 0 radical (unpaired) electrons. The second-order valence-electron chi connectivity index (χ2n) is 6.41. The molecule has 1 aliphatic rings. The molecular weight excluding hydrogens is 332 g/mol. The Morgan fingerprint density at radius 2 is 2.12 bits per heavy atom. The van der Waals surface area contributed by atoms with E-state index >= 15 is 0 Å². The maximum absolute atomic E-state index is 12.6. The third-order valence-corrected chi connectivity index (χ3v) is 4.54. The molecule has 0 aliphatic carbocycles. The van der Waals surface area contributed by atoms with Crippen LogP contribution in [-0.4, -0.2) is 35.4 Å². The van der Waals surface area contributed by atoms with Gasteiger partial charge in [0.15, 0.2) is 0 Å². The van der Waals surface area contributed by atoms with Crippen molar-refractivity contribution in [1.29, 1.82) is 0 Å². The summed E-state index contributed by atoms with van der Waals surface area (Å²) in [6, 6.07) is 8.94. The van der Waals surface area contributed by atoms with Gasteiger partial charge in [-0.05, 0) is 44.0 Å². The largest absolute Gasteiger partial charge is 0.494 e. The predicted molar refractivity (Wildman–Crippen MR) is 101 cm³/mol. The number of carbonyl (C=O) groups excluding carboxylic acids is 1. The molecule has 2 heterocycles. The van der Waals surface area contributed by atoms with Crippen LogP contribution < -0.4 is 20.5 Å². The van der Waals surface area contributed by atoms with E-state index in [4.69, 9.17) is 4.74 Å². The topological polar surface area (TPSA) is 76.5 Å². The highest BCUT2D eigenvalue weighted by molar-refractivity contribution is 5.93. The average molecular weight is 356 g/mol. The maximum atomic E-state index is 12.6. The van der Waals surface area contributed by atoms with Crippen molar-refractivity contribution in [1.82, 2.24) is 9.78 Å². The number of anilines is 2. The summed E-state index contributed by atoms with van der Waals surface area (Å²) in [6.07, 6.45) is 3.41. The van der Waals surface area contributed by atoms with Gasteiger partial charge in [-0.1, -0.05) is 0 Å². The number of amides is 1. The van der Waals surface area contributed by atoms with Gasteiger partial charge in [0.25, 0.3) is 5.56 Å². The molecule has 1 fully saturated rings. The van der Waals surface area contributed by atoms with Crippen molar-refractivity contribution in [2.24, 2.45) is 13.0 Å². The van der Waals surface area contributed by atoms with Crippen molar-refractivity contribution in [2.45, 2.75) is 19.8 Å². The lowest BCUT2D eigenvalue weighted by atomic mass is 9.96. The Kier molecular flexibility index (Phi) is 5.55. The highest BCUT2D eigenvalue weighted by Gasteiger charge is 2.26. The van der Waals surface area contributed by atoms with Crippen molar-refractivity contribution in [3.8, 4) is 5.75 Å². The standard InChI is InChI=1S/C19H24N4O3/c1-3-26-17-8-6-15(7-9-17)21-19(25)14-5-4-10-23(13-14)16-11-18(24)22(2)20-12-16/h6-9,11-12,14H,3-5,10,13H2,1-2H3,(H,21,25). The average Bonchev–Trinajstić information content (AvgIpc) is 2.66. The maximum Gasteiger partial charge on any atom is 0.268 e. The molecule has 1 saturated heterocycles. The summed E-state index contributed by atoms with van der Waals surface area (Å²) in [5.41, 5.74) is 1.38. The fourth-order valence-corrected chi connectivity index (χ4v) is 3.10. The van der Waals surface area contributed by atoms with E-state index in [9.17, 15) is 9.59 Å². The molecule has 7 heteroatoms. The summed E-state index contributed by atoms with van der Waals surface area (Å²) in [5.74, 6) is 0.655. The van der Waals surface area contributed by atoms with E-state index in [0.29, 0.717) is 13.2 Å². The number of piperidine rings is 1. The van der Waals surface area contributed by atoms with E-state index in [2.05, 4.69) is 15.3 Å². The second-order valence-corrected chi connectivity index (χ2v) is 6.41. The minimum atomic E-state index is -0.150. The van der Waals surface area contributed by atoms with Crippen molar-refractivity contribution >= 4 is 17.3 Å². The van der Waals surface area contributed by atoms with Crippen molar-refractivity contribution in [3.63, 3.8) is 0 Å². The number of nitrogens with one attached hydrogen (secondary N) is 1. The van der Waals surface area contributed by atoms with Gasteiger partial charge in [0.1, 0.15) is 5.75 Å². The number of aromatic nitrogens is 2. The third kappa shape index (κ3) is 4.22. The number of carbonyl (C=O) groups is 1. The Hall–Kier alpha value is -2.83. The number of hydrogen-bond acceptors (Lipinski definition) is 5. The first-order chi connectivity index (χ1) is 12.6. The minimum Gasteiger partial charge on any atom is -0.494 e. The van der Waals surface area contributed by atoms with E-state index < -0.39 is 0 Å². The molecule has 3 rings (SSSR count). The molecule has 1 amide bonds. The van der Waals surface area contributed by atoms with Crippen molar-refractivity contribution in [3.05, 3.63) is 46.9 Å². The first-order valence-electron chi connectivity index (χ1n) is 8.89. The molecule has 1 atom stereocenters. The van der Waals surface area contributed by atoms with Crippen LogP contribution in [0.4, 0.5) is 11.4 Å². The molecule has 0 saturated carbocycles. The smallest absolute Gasteiger partial charge is 0.268 e. The lowest BCUT2D eigenvalue weighted by Crippen LogP contribution is -2.41. The lowest BCUT2D eigenvalue weighted by molar-refractivity contribution is -0.120. The zero-order chi connectivity index (χ0) is 18.5. The fourth-order valence-electron chi connectivity index (χ4n) is 3.10. The molecule has 1 aromatic heterocycles. The zero-order valence-electron chi connectivity index (χ0n) is 15.1. The van der Waals surface area contributed by atoms with Gasteiger partial charge in [0, 0.05) is 31.9 Å². The van der Waals surface area contributed by atoms with Gasteiger partial charge in [-0.25, -0.2) is 4.68 Å². The number of nitrogens with zero attached hydrogens (tertiary/aromatic N) is 3. The van der Waals surface area contributed by atoms with Crippen LogP contribution in [0.2, 0.25) is 0 Å². The molecule has 1 N–H and O–H groups in total. The molecule has 0 bridgehead atoms. The van der Waals surface area contributed by atoms with Crippen LogP contribution in [0.25, 0.3) is 0 Å². The Balaban J connectivity index is 1.63. The van der Waals surface area contributed by atoms with Gasteiger partial charge in [-0.3, -0.25) is 9.59 Å². The first-order valence-corrected chi connectivity index (χ1v) is 8.89. The monoisotopic (exact) mass is 356 g/mol. The third-order valence-electron chi connectivity index (χ3n) is 4.54. The van der Waals surface area contributed by atoms with Gasteiger partial charge in [-0.2, -0.15) is 5.10 Å². The van der Waals surface area contributed by atoms with Crippen molar-refractivity contribution < 1.29 is 9.53 Å². The molecule has 2 aromatic rings. The van der Waals surface area contributed by atoms with Gasteiger partial charge >= 0.3 is 0 Å². The van der Waals surface area contributed by atoms with Crippen molar-refractivity contribution in [2.75, 3.05) is 29.9 Å². The molecule has 1 aliphatic heterocycles. The lowest BCUT2D eigenvalue weighted by Gasteiger charge is -2.33. The van der Waals surface area contributed by atoms with Crippen LogP contribution >= 0.6 is 0 Å². The molecule has 0 spiro atoms. The number of ether oxygens (including phenoxy) is 1.